The molecule has 1 atom stereocenters. The Hall–Kier alpha value is -2.29. The van der Waals surface area contributed by atoms with Crippen LogP contribution in [-0.4, -0.2) is 53.5 Å². The van der Waals surface area contributed by atoms with Crippen LogP contribution in [0, 0.1) is 6.92 Å². The zero-order chi connectivity index (χ0) is 17.3. The summed E-state index contributed by atoms with van der Waals surface area (Å²) < 4.78 is 23.2. The Morgan fingerprint density at radius 1 is 1.33 bits per heavy atom. The number of hydrazone groups is 1. The molecule has 1 aromatic rings. The van der Waals surface area contributed by atoms with Crippen LogP contribution in [0.5, 0.6) is 0 Å². The number of amides is 2. The summed E-state index contributed by atoms with van der Waals surface area (Å²) in [5.74, 6) is -0.324. The second-order valence-corrected chi connectivity index (χ2v) is 8.25. The summed E-state index contributed by atoms with van der Waals surface area (Å²) in [5.41, 5.74) is 1.18. The largest absolute Gasteiger partial charge is 0.305 e. The molecule has 1 N–H and O–H groups in total. The molecule has 1 fully saturated rings. The molecule has 0 bridgehead atoms. The van der Waals surface area contributed by atoms with E-state index in [1.54, 1.807) is 12.3 Å². The summed E-state index contributed by atoms with van der Waals surface area (Å²) in [7, 11) is -3.13. The summed E-state index contributed by atoms with van der Waals surface area (Å²) in [5, 5.41) is 7.94. The molecule has 0 aliphatic carbocycles. The second kappa shape index (κ2) is 6.31. The standard InChI is InChI=1S/C15H18N4O4S/c1-10-2-4-13(16-8-10)17-15(21)12-3-5-14(20)19(18-12)11-6-7-24(22,23)9-11/h2,4,8,11H,3,5-7,9H2,1H3,(H,16,17,21). The number of rotatable bonds is 3. The Kier molecular flexibility index (Phi) is 4.35. The van der Waals surface area contributed by atoms with E-state index in [1.807, 2.05) is 13.0 Å². The SMILES string of the molecule is Cc1ccc(NC(=O)C2=NN(C3CCS(=O)(=O)C3)C(=O)CC2)nc1. The van der Waals surface area contributed by atoms with Crippen LogP contribution in [0.15, 0.2) is 23.4 Å². The number of nitrogens with zero attached hydrogens (tertiary/aromatic N) is 3. The molecule has 2 amide bonds. The van der Waals surface area contributed by atoms with Crippen molar-refractivity contribution in [2.75, 3.05) is 16.8 Å². The number of sulfone groups is 1. The van der Waals surface area contributed by atoms with E-state index in [9.17, 15) is 18.0 Å². The van der Waals surface area contributed by atoms with Crippen LogP contribution in [0.2, 0.25) is 0 Å². The van der Waals surface area contributed by atoms with Gasteiger partial charge >= 0.3 is 0 Å². The van der Waals surface area contributed by atoms with Gasteiger partial charge in [0.05, 0.1) is 17.5 Å². The minimum atomic E-state index is -3.13. The van der Waals surface area contributed by atoms with E-state index in [-0.39, 0.29) is 36.0 Å². The van der Waals surface area contributed by atoms with Crippen molar-refractivity contribution in [1.29, 1.82) is 0 Å². The lowest BCUT2D eigenvalue weighted by atomic mass is 10.1. The molecule has 2 aliphatic rings. The van der Waals surface area contributed by atoms with Gasteiger partial charge in [-0.1, -0.05) is 6.07 Å². The summed E-state index contributed by atoms with van der Waals surface area (Å²) in [6.45, 7) is 1.89. The molecule has 9 heteroatoms. The molecular formula is C15H18N4O4S. The lowest BCUT2D eigenvalue weighted by molar-refractivity contribution is -0.133. The molecule has 0 spiro atoms. The van der Waals surface area contributed by atoms with Crippen molar-refractivity contribution >= 4 is 33.2 Å². The Bertz CT molecular complexity index is 801. The molecule has 1 unspecified atom stereocenters. The van der Waals surface area contributed by atoms with Crippen molar-refractivity contribution in [3.63, 3.8) is 0 Å². The molecule has 8 nitrogen and oxygen atoms in total. The Balaban J connectivity index is 1.75. The Morgan fingerprint density at radius 3 is 2.75 bits per heavy atom. The predicted molar refractivity (Wildman–Crippen MR) is 88.2 cm³/mol. The second-order valence-electron chi connectivity index (χ2n) is 6.02. The summed E-state index contributed by atoms with van der Waals surface area (Å²) in [6.07, 6.45) is 2.36. The van der Waals surface area contributed by atoms with Crippen LogP contribution >= 0.6 is 0 Å². The van der Waals surface area contributed by atoms with E-state index >= 15 is 0 Å². The van der Waals surface area contributed by atoms with Gasteiger partial charge in [0.25, 0.3) is 5.91 Å². The third-order valence-electron chi connectivity index (χ3n) is 4.03. The van der Waals surface area contributed by atoms with Crippen molar-refractivity contribution in [3.05, 3.63) is 23.9 Å². The highest BCUT2D eigenvalue weighted by atomic mass is 32.2. The normalized spacial score (nSPS) is 23.0. The number of aryl methyl sites for hydroxylation is 1. The number of hydrogen-bond acceptors (Lipinski definition) is 6. The smallest absolute Gasteiger partial charge is 0.273 e. The highest BCUT2D eigenvalue weighted by molar-refractivity contribution is 7.91. The number of aromatic nitrogens is 1. The average molecular weight is 350 g/mol. The number of carbonyl (C=O) groups excluding carboxylic acids is 2. The fourth-order valence-corrected chi connectivity index (χ4v) is 4.41. The van der Waals surface area contributed by atoms with Crippen LogP contribution in [0.4, 0.5) is 5.82 Å². The van der Waals surface area contributed by atoms with Gasteiger partial charge in [-0.25, -0.2) is 18.4 Å². The molecule has 2 aliphatic heterocycles. The van der Waals surface area contributed by atoms with Crippen molar-refractivity contribution < 1.29 is 18.0 Å². The quantitative estimate of drug-likeness (QED) is 0.853. The van der Waals surface area contributed by atoms with E-state index in [4.69, 9.17) is 0 Å². The van der Waals surface area contributed by atoms with Gasteiger partial charge in [0.1, 0.15) is 11.5 Å². The maximum absolute atomic E-state index is 12.3. The van der Waals surface area contributed by atoms with E-state index in [0.29, 0.717) is 12.2 Å². The zero-order valence-electron chi connectivity index (χ0n) is 13.2. The lowest BCUT2D eigenvalue weighted by Crippen LogP contribution is -2.42. The van der Waals surface area contributed by atoms with Gasteiger partial charge in [-0.05, 0) is 25.0 Å². The summed E-state index contributed by atoms with van der Waals surface area (Å²) >= 11 is 0. The van der Waals surface area contributed by atoms with Gasteiger partial charge in [-0.2, -0.15) is 5.10 Å². The van der Waals surface area contributed by atoms with E-state index in [0.717, 1.165) is 5.56 Å². The minimum absolute atomic E-state index is 0.0474. The first-order valence-corrected chi connectivity index (χ1v) is 9.50. The lowest BCUT2D eigenvalue weighted by Gasteiger charge is -2.27. The van der Waals surface area contributed by atoms with Crippen LogP contribution in [0.3, 0.4) is 0 Å². The van der Waals surface area contributed by atoms with Crippen LogP contribution < -0.4 is 5.32 Å². The van der Waals surface area contributed by atoms with Gasteiger partial charge < -0.3 is 5.32 Å². The van der Waals surface area contributed by atoms with Gasteiger partial charge in [0.2, 0.25) is 5.91 Å². The molecule has 3 rings (SSSR count). The van der Waals surface area contributed by atoms with E-state index in [1.165, 1.54) is 5.01 Å². The minimum Gasteiger partial charge on any atom is -0.305 e. The monoisotopic (exact) mass is 350 g/mol. The number of carbonyl (C=O) groups is 2. The molecule has 3 heterocycles. The number of hydrogen-bond donors (Lipinski definition) is 1. The van der Waals surface area contributed by atoms with Crippen molar-refractivity contribution in [2.24, 2.45) is 5.10 Å². The molecule has 24 heavy (non-hydrogen) atoms. The highest BCUT2D eigenvalue weighted by Gasteiger charge is 2.37. The third-order valence-corrected chi connectivity index (χ3v) is 5.78. The Labute approximate surface area is 139 Å². The van der Waals surface area contributed by atoms with E-state index < -0.39 is 21.8 Å². The van der Waals surface area contributed by atoms with Gasteiger partial charge in [-0.15, -0.1) is 0 Å². The fourth-order valence-electron chi connectivity index (χ4n) is 2.72. The van der Waals surface area contributed by atoms with Gasteiger partial charge in [0, 0.05) is 19.0 Å². The molecule has 1 saturated heterocycles. The highest BCUT2D eigenvalue weighted by Crippen LogP contribution is 2.22. The maximum atomic E-state index is 12.3. The summed E-state index contributed by atoms with van der Waals surface area (Å²) in [6, 6.07) is 3.02. The maximum Gasteiger partial charge on any atom is 0.273 e. The van der Waals surface area contributed by atoms with Gasteiger partial charge in [0.15, 0.2) is 9.84 Å². The number of anilines is 1. The van der Waals surface area contributed by atoms with Crippen LogP contribution in [0.25, 0.3) is 0 Å². The fraction of sp³-hybridized carbons (Fsp3) is 0.467. The molecule has 0 saturated carbocycles. The van der Waals surface area contributed by atoms with Crippen molar-refractivity contribution in [3.8, 4) is 0 Å². The topological polar surface area (TPSA) is 109 Å². The third kappa shape index (κ3) is 3.61. The van der Waals surface area contributed by atoms with Crippen LogP contribution in [-0.2, 0) is 19.4 Å². The molecule has 0 radical (unpaired) electrons. The molecule has 1 aromatic heterocycles. The predicted octanol–water partition coefficient (Wildman–Crippen LogP) is 0.494. The Morgan fingerprint density at radius 2 is 2.12 bits per heavy atom. The van der Waals surface area contributed by atoms with E-state index in [2.05, 4.69) is 15.4 Å². The number of pyridine rings is 1. The number of nitrogens with one attached hydrogen (secondary N) is 1. The van der Waals surface area contributed by atoms with Crippen molar-refractivity contribution in [2.45, 2.75) is 32.2 Å². The first-order chi connectivity index (χ1) is 11.3. The summed E-state index contributed by atoms with van der Waals surface area (Å²) in [4.78, 5) is 28.4. The van der Waals surface area contributed by atoms with Gasteiger partial charge in [-0.3, -0.25) is 9.59 Å². The van der Waals surface area contributed by atoms with Crippen molar-refractivity contribution in [1.82, 2.24) is 9.99 Å². The average Bonchev–Trinajstić information content (AvgIpc) is 2.90. The molecular weight excluding hydrogens is 332 g/mol. The first-order valence-electron chi connectivity index (χ1n) is 7.68. The van der Waals surface area contributed by atoms with Crippen LogP contribution in [0.1, 0.15) is 24.8 Å². The first kappa shape index (κ1) is 16.6. The molecule has 0 aromatic carbocycles. The zero-order valence-corrected chi connectivity index (χ0v) is 14.0. The molecule has 128 valence electrons.